The Morgan fingerprint density at radius 1 is 1.20 bits per heavy atom. The van der Waals surface area contributed by atoms with Gasteiger partial charge in [-0.1, -0.05) is 6.08 Å². The molecule has 0 saturated heterocycles. The van der Waals surface area contributed by atoms with Gasteiger partial charge in [-0.2, -0.15) is 0 Å². The van der Waals surface area contributed by atoms with E-state index in [1.165, 1.54) is 11.0 Å². The number of carboxylic acid groups (broad SMARTS) is 1. The fourth-order valence-corrected chi connectivity index (χ4v) is 1.33. The van der Waals surface area contributed by atoms with Crippen molar-refractivity contribution in [3.05, 3.63) is 12.7 Å². The summed E-state index contributed by atoms with van der Waals surface area (Å²) < 4.78 is 0. The Balaban J connectivity index is 4.25. The van der Waals surface area contributed by atoms with Crippen molar-refractivity contribution in [2.24, 2.45) is 0 Å². The van der Waals surface area contributed by atoms with E-state index in [0.717, 1.165) is 0 Å². The van der Waals surface area contributed by atoms with E-state index >= 15 is 0 Å². The number of hydrogen-bond acceptors (Lipinski definition) is 5. The zero-order valence-electron chi connectivity index (χ0n) is 11.9. The Morgan fingerprint density at radius 2 is 1.85 bits per heavy atom. The van der Waals surface area contributed by atoms with Gasteiger partial charge in [-0.25, -0.2) is 4.79 Å². The minimum absolute atomic E-state index is 0.151. The maximum atomic E-state index is 11.6. The van der Waals surface area contributed by atoms with E-state index in [-0.39, 0.29) is 19.6 Å². The van der Waals surface area contributed by atoms with E-state index in [4.69, 9.17) is 5.11 Å². The molecule has 8 heteroatoms. The van der Waals surface area contributed by atoms with Crippen molar-refractivity contribution in [1.29, 1.82) is 0 Å². The predicted octanol–water partition coefficient (Wildman–Crippen LogP) is -1.05. The molecule has 20 heavy (non-hydrogen) atoms. The van der Waals surface area contributed by atoms with Crippen LogP contribution in [0.5, 0.6) is 0 Å². The van der Waals surface area contributed by atoms with Crippen molar-refractivity contribution in [3.63, 3.8) is 0 Å². The highest BCUT2D eigenvalue weighted by atomic mass is 16.4. The first-order valence-electron chi connectivity index (χ1n) is 6.12. The van der Waals surface area contributed by atoms with Gasteiger partial charge in [0.1, 0.15) is 0 Å². The van der Waals surface area contributed by atoms with E-state index in [0.29, 0.717) is 13.1 Å². The SMILES string of the molecule is C=CCNC(=O)NC(=O)CN(CCN(C)C)CC(=O)O. The lowest BCUT2D eigenvalue weighted by Crippen LogP contribution is -2.46. The summed E-state index contributed by atoms with van der Waals surface area (Å²) in [5, 5.41) is 13.3. The largest absolute Gasteiger partial charge is 0.480 e. The maximum absolute atomic E-state index is 11.6. The van der Waals surface area contributed by atoms with Crippen LogP contribution < -0.4 is 10.6 Å². The number of hydrogen-bond donors (Lipinski definition) is 3. The lowest BCUT2D eigenvalue weighted by Gasteiger charge is -2.21. The quantitative estimate of drug-likeness (QED) is 0.467. The van der Waals surface area contributed by atoms with Crippen molar-refractivity contribution in [3.8, 4) is 0 Å². The Morgan fingerprint density at radius 3 is 2.35 bits per heavy atom. The van der Waals surface area contributed by atoms with Crippen LogP contribution in [-0.2, 0) is 9.59 Å². The standard InChI is InChI=1S/C12H22N4O4/c1-4-5-13-12(20)14-10(17)8-16(9-11(18)19)7-6-15(2)3/h4H,1,5-9H2,2-3H3,(H,18,19)(H2,13,14,17,20). The van der Waals surface area contributed by atoms with Gasteiger partial charge >= 0.3 is 12.0 Å². The molecule has 0 radical (unpaired) electrons. The second kappa shape index (κ2) is 9.93. The van der Waals surface area contributed by atoms with E-state index in [9.17, 15) is 14.4 Å². The molecule has 0 aromatic carbocycles. The zero-order chi connectivity index (χ0) is 15.5. The summed E-state index contributed by atoms with van der Waals surface area (Å²) in [5.41, 5.74) is 0. The van der Waals surface area contributed by atoms with Crippen LogP contribution in [0.4, 0.5) is 4.79 Å². The summed E-state index contributed by atoms with van der Waals surface area (Å²) in [4.78, 5) is 36.9. The van der Waals surface area contributed by atoms with Crippen molar-refractivity contribution >= 4 is 17.9 Å². The topological polar surface area (TPSA) is 102 Å². The second-order valence-corrected chi connectivity index (χ2v) is 4.45. The number of likely N-dealkylation sites (N-methyl/N-ethyl adjacent to an activating group) is 1. The number of imide groups is 1. The number of carbonyl (C=O) groups is 3. The van der Waals surface area contributed by atoms with Crippen molar-refractivity contribution < 1.29 is 19.5 Å². The van der Waals surface area contributed by atoms with Crippen LogP contribution in [0.25, 0.3) is 0 Å². The number of urea groups is 1. The molecule has 0 fully saturated rings. The van der Waals surface area contributed by atoms with Crippen LogP contribution in [0.1, 0.15) is 0 Å². The predicted molar refractivity (Wildman–Crippen MR) is 74.4 cm³/mol. The number of carbonyl (C=O) groups excluding carboxylic acids is 2. The number of nitrogens with zero attached hydrogens (tertiary/aromatic N) is 2. The first kappa shape index (κ1) is 18.1. The molecule has 0 unspecified atom stereocenters. The smallest absolute Gasteiger partial charge is 0.321 e. The third-order valence-corrected chi connectivity index (χ3v) is 2.25. The van der Waals surface area contributed by atoms with Crippen molar-refractivity contribution in [2.45, 2.75) is 0 Å². The summed E-state index contributed by atoms with van der Waals surface area (Å²) in [6.45, 7) is 4.30. The van der Waals surface area contributed by atoms with Gasteiger partial charge in [0.15, 0.2) is 0 Å². The van der Waals surface area contributed by atoms with Crippen molar-refractivity contribution in [1.82, 2.24) is 20.4 Å². The molecular weight excluding hydrogens is 264 g/mol. The Hall–Kier alpha value is -1.93. The molecule has 0 aromatic heterocycles. The van der Waals surface area contributed by atoms with Gasteiger partial charge in [-0.3, -0.25) is 19.8 Å². The van der Waals surface area contributed by atoms with E-state index < -0.39 is 17.9 Å². The molecule has 0 aromatic rings. The lowest BCUT2D eigenvalue weighted by molar-refractivity contribution is -0.138. The minimum atomic E-state index is -1.02. The molecule has 0 saturated carbocycles. The van der Waals surface area contributed by atoms with Crippen LogP contribution in [-0.4, -0.2) is 79.6 Å². The molecule has 3 N–H and O–H groups in total. The molecule has 3 amide bonds. The van der Waals surface area contributed by atoms with Crippen LogP contribution in [0, 0.1) is 0 Å². The summed E-state index contributed by atoms with van der Waals surface area (Å²) in [7, 11) is 3.70. The first-order chi connectivity index (χ1) is 9.35. The molecule has 0 bridgehead atoms. The number of nitrogens with one attached hydrogen (secondary N) is 2. The molecule has 114 valence electrons. The molecular formula is C12H22N4O4. The van der Waals surface area contributed by atoms with Crippen LogP contribution >= 0.6 is 0 Å². The normalized spacial score (nSPS) is 10.4. The van der Waals surface area contributed by atoms with Crippen LogP contribution in [0.15, 0.2) is 12.7 Å². The number of rotatable bonds is 9. The Kier molecular flexibility index (Phi) is 8.97. The second-order valence-electron chi connectivity index (χ2n) is 4.45. The van der Waals surface area contributed by atoms with Crippen LogP contribution in [0.2, 0.25) is 0 Å². The monoisotopic (exact) mass is 286 g/mol. The van der Waals surface area contributed by atoms with Gasteiger partial charge in [-0.05, 0) is 14.1 Å². The molecule has 8 nitrogen and oxygen atoms in total. The van der Waals surface area contributed by atoms with Gasteiger partial charge in [0, 0.05) is 19.6 Å². The van der Waals surface area contributed by atoms with Gasteiger partial charge in [0.2, 0.25) is 5.91 Å². The summed E-state index contributed by atoms with van der Waals surface area (Å²) in [6.07, 6.45) is 1.48. The average molecular weight is 286 g/mol. The van der Waals surface area contributed by atoms with E-state index in [1.807, 2.05) is 19.0 Å². The fraction of sp³-hybridized carbons (Fsp3) is 0.583. The van der Waals surface area contributed by atoms with Gasteiger partial charge in [0.25, 0.3) is 0 Å². The van der Waals surface area contributed by atoms with E-state index in [2.05, 4.69) is 17.2 Å². The third kappa shape index (κ3) is 10.0. The van der Waals surface area contributed by atoms with Crippen molar-refractivity contribution in [2.75, 3.05) is 46.8 Å². The Labute approximate surface area is 118 Å². The van der Waals surface area contributed by atoms with Crippen LogP contribution in [0.3, 0.4) is 0 Å². The minimum Gasteiger partial charge on any atom is -0.480 e. The summed E-state index contributed by atoms with van der Waals surface area (Å²) in [6, 6.07) is -0.627. The zero-order valence-corrected chi connectivity index (χ0v) is 11.9. The molecule has 0 spiro atoms. The average Bonchev–Trinajstić information content (AvgIpc) is 2.32. The molecule has 0 aliphatic carbocycles. The lowest BCUT2D eigenvalue weighted by atomic mass is 10.4. The highest BCUT2D eigenvalue weighted by Crippen LogP contribution is 1.90. The number of amides is 3. The van der Waals surface area contributed by atoms with E-state index in [1.54, 1.807) is 0 Å². The molecule has 0 rings (SSSR count). The molecule has 0 aliphatic rings. The Bertz CT molecular complexity index is 357. The number of carboxylic acids is 1. The highest BCUT2D eigenvalue weighted by molar-refractivity contribution is 5.95. The fourth-order valence-electron chi connectivity index (χ4n) is 1.33. The molecule has 0 atom stereocenters. The number of aliphatic carboxylic acids is 1. The van der Waals surface area contributed by atoms with Gasteiger partial charge in [0.05, 0.1) is 13.1 Å². The summed E-state index contributed by atoms with van der Waals surface area (Å²) >= 11 is 0. The molecule has 0 aliphatic heterocycles. The molecule has 0 heterocycles. The maximum Gasteiger partial charge on any atom is 0.321 e. The highest BCUT2D eigenvalue weighted by Gasteiger charge is 2.15. The third-order valence-electron chi connectivity index (χ3n) is 2.25. The van der Waals surface area contributed by atoms with Gasteiger partial charge in [-0.15, -0.1) is 6.58 Å². The summed E-state index contributed by atoms with van der Waals surface area (Å²) in [5.74, 6) is -1.57. The first-order valence-corrected chi connectivity index (χ1v) is 6.12. The van der Waals surface area contributed by atoms with Gasteiger partial charge < -0.3 is 15.3 Å².